The Morgan fingerprint density at radius 1 is 1.00 bits per heavy atom. The van der Waals surface area contributed by atoms with E-state index in [1.807, 2.05) is 48.3 Å². The molecule has 2 aromatic rings. The third kappa shape index (κ3) is 6.32. The Morgan fingerprint density at radius 2 is 1.64 bits per heavy atom. The molecule has 1 aromatic carbocycles. The standard InChI is InChI=1S/C26H37N5O2/c1-6-29(7-2)26(33)19-28-14-16-30(17-15-28)25(32)13-12-24-21(4)27-31(22(24)5)18-23-10-8-20(3)9-11-23/h8-13H,6-7,14-19H2,1-5H3/b13-12+. The first-order valence-corrected chi connectivity index (χ1v) is 11.9. The van der Waals surface area contributed by atoms with Crippen molar-refractivity contribution in [2.75, 3.05) is 45.8 Å². The van der Waals surface area contributed by atoms with Crippen LogP contribution >= 0.6 is 0 Å². The van der Waals surface area contributed by atoms with E-state index in [2.05, 4.69) is 41.2 Å². The molecule has 2 amide bonds. The Kier molecular flexibility index (Phi) is 8.44. The molecule has 178 valence electrons. The molecule has 1 fully saturated rings. The summed E-state index contributed by atoms with van der Waals surface area (Å²) in [6, 6.07) is 8.47. The lowest BCUT2D eigenvalue weighted by Crippen LogP contribution is -2.51. The first kappa shape index (κ1) is 24.7. The van der Waals surface area contributed by atoms with E-state index in [1.54, 1.807) is 6.08 Å². The van der Waals surface area contributed by atoms with Crippen molar-refractivity contribution in [1.29, 1.82) is 0 Å². The summed E-state index contributed by atoms with van der Waals surface area (Å²) >= 11 is 0. The van der Waals surface area contributed by atoms with Crippen molar-refractivity contribution >= 4 is 17.9 Å². The van der Waals surface area contributed by atoms with Crippen molar-refractivity contribution in [3.63, 3.8) is 0 Å². The van der Waals surface area contributed by atoms with Crippen LogP contribution in [0.4, 0.5) is 0 Å². The molecule has 2 heterocycles. The summed E-state index contributed by atoms with van der Waals surface area (Å²) in [5.74, 6) is 0.170. The lowest BCUT2D eigenvalue weighted by Gasteiger charge is -2.34. The minimum atomic E-state index is 0.00908. The molecule has 0 aliphatic carbocycles. The van der Waals surface area contributed by atoms with Gasteiger partial charge in [-0.1, -0.05) is 29.8 Å². The highest BCUT2D eigenvalue weighted by Crippen LogP contribution is 2.17. The first-order chi connectivity index (χ1) is 15.8. The van der Waals surface area contributed by atoms with Crippen molar-refractivity contribution in [3.8, 4) is 0 Å². The second-order valence-electron chi connectivity index (χ2n) is 8.73. The molecule has 1 saturated heterocycles. The summed E-state index contributed by atoms with van der Waals surface area (Å²) < 4.78 is 2.00. The Bertz CT molecular complexity index is 981. The molecule has 0 unspecified atom stereocenters. The molecule has 3 rings (SSSR count). The molecule has 7 heteroatoms. The summed E-state index contributed by atoms with van der Waals surface area (Å²) in [6.45, 7) is 15.4. The smallest absolute Gasteiger partial charge is 0.246 e. The fraction of sp³-hybridized carbons (Fsp3) is 0.500. The highest BCUT2D eigenvalue weighted by molar-refractivity contribution is 5.92. The molecule has 1 aliphatic heterocycles. The number of benzene rings is 1. The zero-order valence-electron chi connectivity index (χ0n) is 20.7. The Morgan fingerprint density at radius 3 is 2.24 bits per heavy atom. The van der Waals surface area contributed by atoms with Gasteiger partial charge in [-0.2, -0.15) is 5.10 Å². The third-order valence-electron chi connectivity index (χ3n) is 6.44. The van der Waals surface area contributed by atoms with Crippen molar-refractivity contribution in [3.05, 3.63) is 58.4 Å². The second-order valence-corrected chi connectivity index (χ2v) is 8.73. The van der Waals surface area contributed by atoms with Crippen LogP contribution in [0.1, 0.15) is 41.9 Å². The fourth-order valence-corrected chi connectivity index (χ4v) is 4.23. The number of likely N-dealkylation sites (N-methyl/N-ethyl adjacent to an activating group) is 1. The highest BCUT2D eigenvalue weighted by Gasteiger charge is 2.22. The Hall–Kier alpha value is -2.93. The van der Waals surface area contributed by atoms with E-state index in [0.717, 1.165) is 43.1 Å². The monoisotopic (exact) mass is 451 g/mol. The van der Waals surface area contributed by atoms with Gasteiger partial charge in [-0.3, -0.25) is 19.2 Å². The summed E-state index contributed by atoms with van der Waals surface area (Å²) in [6.07, 6.45) is 3.55. The van der Waals surface area contributed by atoms with E-state index in [9.17, 15) is 9.59 Å². The number of amides is 2. The average molecular weight is 452 g/mol. The van der Waals surface area contributed by atoms with Gasteiger partial charge in [-0.05, 0) is 46.3 Å². The van der Waals surface area contributed by atoms with E-state index >= 15 is 0 Å². The van der Waals surface area contributed by atoms with E-state index in [4.69, 9.17) is 0 Å². The summed E-state index contributed by atoms with van der Waals surface area (Å²) in [5, 5.41) is 4.68. The zero-order valence-corrected chi connectivity index (χ0v) is 20.7. The maximum Gasteiger partial charge on any atom is 0.246 e. The van der Waals surface area contributed by atoms with E-state index < -0.39 is 0 Å². The molecule has 1 aliphatic rings. The van der Waals surface area contributed by atoms with Gasteiger partial charge in [0, 0.05) is 56.6 Å². The molecular weight excluding hydrogens is 414 g/mol. The number of hydrogen-bond acceptors (Lipinski definition) is 4. The van der Waals surface area contributed by atoms with Crippen molar-refractivity contribution < 1.29 is 9.59 Å². The number of hydrogen-bond donors (Lipinski definition) is 0. The van der Waals surface area contributed by atoms with Crippen molar-refractivity contribution in [2.24, 2.45) is 0 Å². The molecule has 0 N–H and O–H groups in total. The van der Waals surface area contributed by atoms with Gasteiger partial charge in [0.1, 0.15) is 0 Å². The minimum Gasteiger partial charge on any atom is -0.342 e. The van der Waals surface area contributed by atoms with Gasteiger partial charge in [-0.25, -0.2) is 0 Å². The van der Waals surface area contributed by atoms with E-state index in [-0.39, 0.29) is 11.8 Å². The first-order valence-electron chi connectivity index (χ1n) is 11.9. The molecule has 0 radical (unpaired) electrons. The molecule has 0 bridgehead atoms. The number of aromatic nitrogens is 2. The number of carbonyl (C=O) groups excluding carboxylic acids is 2. The summed E-state index contributed by atoms with van der Waals surface area (Å²) in [7, 11) is 0. The van der Waals surface area contributed by atoms with Crippen LogP contribution in [0.3, 0.4) is 0 Å². The topological polar surface area (TPSA) is 61.7 Å². The summed E-state index contributed by atoms with van der Waals surface area (Å²) in [5.41, 5.74) is 5.42. The van der Waals surface area contributed by atoms with Gasteiger partial charge in [0.05, 0.1) is 18.8 Å². The van der Waals surface area contributed by atoms with Crippen LogP contribution in [-0.2, 0) is 16.1 Å². The van der Waals surface area contributed by atoms with Gasteiger partial charge >= 0.3 is 0 Å². The SMILES string of the molecule is CCN(CC)C(=O)CN1CCN(C(=O)/C=C/c2c(C)nn(Cc3ccc(C)cc3)c2C)CC1. The highest BCUT2D eigenvalue weighted by atomic mass is 16.2. The molecule has 7 nitrogen and oxygen atoms in total. The van der Waals surface area contributed by atoms with Crippen molar-refractivity contribution in [1.82, 2.24) is 24.5 Å². The molecule has 0 saturated carbocycles. The molecular formula is C26H37N5O2. The number of nitrogens with zero attached hydrogens (tertiary/aromatic N) is 5. The van der Waals surface area contributed by atoms with Crippen LogP contribution in [0.15, 0.2) is 30.3 Å². The number of carbonyl (C=O) groups is 2. The van der Waals surface area contributed by atoms with Gasteiger partial charge in [0.25, 0.3) is 0 Å². The van der Waals surface area contributed by atoms with E-state index in [0.29, 0.717) is 26.2 Å². The third-order valence-corrected chi connectivity index (χ3v) is 6.44. The maximum absolute atomic E-state index is 12.8. The predicted molar refractivity (Wildman–Crippen MR) is 132 cm³/mol. The van der Waals surface area contributed by atoms with Gasteiger partial charge < -0.3 is 9.80 Å². The van der Waals surface area contributed by atoms with E-state index in [1.165, 1.54) is 11.1 Å². The molecule has 0 spiro atoms. The lowest BCUT2D eigenvalue weighted by atomic mass is 10.1. The number of rotatable bonds is 8. The molecule has 33 heavy (non-hydrogen) atoms. The largest absolute Gasteiger partial charge is 0.342 e. The number of aryl methyl sites for hydroxylation is 2. The normalized spacial score (nSPS) is 14.8. The van der Waals surface area contributed by atoms with Crippen LogP contribution in [0.2, 0.25) is 0 Å². The molecule has 0 atom stereocenters. The number of piperazine rings is 1. The maximum atomic E-state index is 12.8. The van der Waals surface area contributed by atoms with Crippen LogP contribution in [0.5, 0.6) is 0 Å². The quantitative estimate of drug-likeness (QED) is 0.579. The molecule has 1 aromatic heterocycles. The van der Waals surface area contributed by atoms with Crippen molar-refractivity contribution in [2.45, 2.75) is 41.2 Å². The van der Waals surface area contributed by atoms with Gasteiger partial charge in [0.15, 0.2) is 0 Å². The van der Waals surface area contributed by atoms with Crippen LogP contribution in [0.25, 0.3) is 6.08 Å². The van der Waals surface area contributed by atoms with Crippen LogP contribution in [-0.4, -0.2) is 82.1 Å². The van der Waals surface area contributed by atoms with Crippen LogP contribution in [0, 0.1) is 20.8 Å². The second kappa shape index (κ2) is 11.3. The minimum absolute atomic E-state index is 0.00908. The average Bonchev–Trinajstić information content (AvgIpc) is 3.07. The summed E-state index contributed by atoms with van der Waals surface area (Å²) in [4.78, 5) is 30.9. The van der Waals surface area contributed by atoms with Crippen LogP contribution < -0.4 is 0 Å². The van der Waals surface area contributed by atoms with Gasteiger partial charge in [0.2, 0.25) is 11.8 Å². The fourth-order valence-electron chi connectivity index (χ4n) is 4.23. The van der Waals surface area contributed by atoms with Gasteiger partial charge in [-0.15, -0.1) is 0 Å². The zero-order chi connectivity index (χ0) is 24.0. The predicted octanol–water partition coefficient (Wildman–Crippen LogP) is 2.88. The Balaban J connectivity index is 1.56. The lowest BCUT2D eigenvalue weighted by molar-refractivity contribution is -0.133. The Labute approximate surface area is 197 Å².